The first kappa shape index (κ1) is 10.0. The molecule has 1 aliphatic heterocycles. The van der Waals surface area contributed by atoms with Crippen LogP contribution in [0.1, 0.15) is 41.5 Å². The summed E-state index contributed by atoms with van der Waals surface area (Å²) in [6, 6.07) is 0. The van der Waals surface area contributed by atoms with E-state index in [-0.39, 0.29) is 16.7 Å². The van der Waals surface area contributed by atoms with Crippen LogP contribution in [0.15, 0.2) is 0 Å². The van der Waals surface area contributed by atoms with Crippen LogP contribution in [-0.4, -0.2) is 23.3 Å². The maximum atomic E-state index is 6.01. The third-order valence-corrected chi connectivity index (χ3v) is 2.99. The van der Waals surface area contributed by atoms with Gasteiger partial charge in [0.15, 0.2) is 0 Å². The van der Waals surface area contributed by atoms with Crippen molar-refractivity contribution in [3.8, 4) is 0 Å². The van der Waals surface area contributed by atoms with Crippen molar-refractivity contribution < 1.29 is 4.74 Å². The van der Waals surface area contributed by atoms with E-state index in [9.17, 15) is 0 Å². The summed E-state index contributed by atoms with van der Waals surface area (Å²) >= 11 is 0. The van der Waals surface area contributed by atoms with Gasteiger partial charge in [0.05, 0.1) is 11.2 Å². The Morgan fingerprint density at radius 3 is 1.83 bits per heavy atom. The van der Waals surface area contributed by atoms with E-state index >= 15 is 0 Å². The molecule has 0 spiro atoms. The number of hydrogen-bond acceptors (Lipinski definition) is 2. The molecule has 0 aromatic heterocycles. The van der Waals surface area contributed by atoms with Crippen molar-refractivity contribution in [2.24, 2.45) is 0 Å². The Kier molecular flexibility index (Phi) is 2.05. The monoisotopic (exact) mass is 171 g/mol. The van der Waals surface area contributed by atoms with Gasteiger partial charge in [-0.2, -0.15) is 0 Å². The maximum Gasteiger partial charge on any atom is 0.0809 e. The second kappa shape index (κ2) is 2.46. The molecule has 0 radical (unpaired) electrons. The van der Waals surface area contributed by atoms with Gasteiger partial charge >= 0.3 is 0 Å². The van der Waals surface area contributed by atoms with Gasteiger partial charge in [0.1, 0.15) is 0 Å². The van der Waals surface area contributed by atoms with Gasteiger partial charge in [-0.15, -0.1) is 0 Å². The van der Waals surface area contributed by atoms with Crippen LogP contribution in [0.4, 0.5) is 0 Å². The Morgan fingerprint density at radius 1 is 1.00 bits per heavy atom. The van der Waals surface area contributed by atoms with Crippen LogP contribution < -0.4 is 5.32 Å². The van der Waals surface area contributed by atoms with Crippen molar-refractivity contribution in [3.05, 3.63) is 0 Å². The molecule has 0 unspecified atom stereocenters. The molecule has 2 heteroatoms. The Bertz CT molecular complexity index is 182. The zero-order valence-electron chi connectivity index (χ0n) is 9.12. The molecule has 1 N–H and O–H groups in total. The highest BCUT2D eigenvalue weighted by atomic mass is 16.5. The Hall–Kier alpha value is -0.0800. The number of ether oxygens (including phenoxy) is 1. The lowest BCUT2D eigenvalue weighted by molar-refractivity contribution is -0.188. The van der Waals surface area contributed by atoms with Gasteiger partial charge in [-0.05, 0) is 41.5 Å². The lowest BCUT2D eigenvalue weighted by atomic mass is 9.82. The lowest BCUT2D eigenvalue weighted by Gasteiger charge is -2.52. The molecule has 0 saturated carbocycles. The zero-order chi connectivity index (χ0) is 9.62. The maximum absolute atomic E-state index is 6.01. The van der Waals surface area contributed by atoms with Gasteiger partial charge in [-0.3, -0.25) is 0 Å². The third kappa shape index (κ3) is 1.64. The van der Waals surface area contributed by atoms with Crippen LogP contribution in [0.2, 0.25) is 0 Å². The summed E-state index contributed by atoms with van der Waals surface area (Å²) in [6.07, 6.45) is 0. The molecular formula is C10H21NO. The average molecular weight is 171 g/mol. The molecule has 1 rings (SSSR count). The largest absolute Gasteiger partial charge is 0.366 e. The predicted octanol–water partition coefficient (Wildman–Crippen LogP) is 1.94. The summed E-state index contributed by atoms with van der Waals surface area (Å²) in [5.41, 5.74) is -0.0870. The molecule has 0 aliphatic carbocycles. The van der Waals surface area contributed by atoms with Gasteiger partial charge in [0.25, 0.3) is 0 Å². The van der Waals surface area contributed by atoms with Gasteiger partial charge in [-0.1, -0.05) is 0 Å². The highest BCUT2D eigenvalue weighted by molar-refractivity contribution is 5.01. The Labute approximate surface area is 75.7 Å². The van der Waals surface area contributed by atoms with E-state index < -0.39 is 0 Å². The molecule has 0 bridgehead atoms. The van der Waals surface area contributed by atoms with Crippen LogP contribution >= 0.6 is 0 Å². The SMILES string of the molecule is CC1(C)CNC(C)(C)C(C)(C)O1. The lowest BCUT2D eigenvalue weighted by Crippen LogP contribution is -2.67. The number of morpholine rings is 1. The summed E-state index contributed by atoms with van der Waals surface area (Å²) in [4.78, 5) is 0. The van der Waals surface area contributed by atoms with Crippen molar-refractivity contribution in [1.82, 2.24) is 5.32 Å². The molecular weight excluding hydrogens is 150 g/mol. The minimum Gasteiger partial charge on any atom is -0.366 e. The van der Waals surface area contributed by atoms with E-state index in [1.54, 1.807) is 0 Å². The van der Waals surface area contributed by atoms with Crippen LogP contribution in [0, 0.1) is 0 Å². The minimum atomic E-state index is -0.102. The second-order valence-corrected chi connectivity index (χ2v) is 5.35. The number of nitrogens with one attached hydrogen (secondary N) is 1. The Balaban J connectivity index is 2.82. The fourth-order valence-corrected chi connectivity index (χ4v) is 1.50. The fourth-order valence-electron chi connectivity index (χ4n) is 1.50. The second-order valence-electron chi connectivity index (χ2n) is 5.35. The average Bonchev–Trinajstić information content (AvgIpc) is 1.79. The molecule has 12 heavy (non-hydrogen) atoms. The normalized spacial score (nSPS) is 31.5. The zero-order valence-corrected chi connectivity index (χ0v) is 9.12. The van der Waals surface area contributed by atoms with E-state index in [1.165, 1.54) is 0 Å². The molecule has 1 aliphatic rings. The molecule has 1 fully saturated rings. The van der Waals surface area contributed by atoms with Gasteiger partial charge < -0.3 is 10.1 Å². The first-order valence-electron chi connectivity index (χ1n) is 4.62. The van der Waals surface area contributed by atoms with Crippen molar-refractivity contribution in [2.75, 3.05) is 6.54 Å². The summed E-state index contributed by atoms with van der Waals surface area (Å²) in [6.45, 7) is 13.8. The van der Waals surface area contributed by atoms with E-state index in [0.29, 0.717) is 0 Å². The van der Waals surface area contributed by atoms with Crippen LogP contribution in [0.5, 0.6) is 0 Å². The smallest absolute Gasteiger partial charge is 0.0809 e. The van der Waals surface area contributed by atoms with Gasteiger partial charge in [0.2, 0.25) is 0 Å². The van der Waals surface area contributed by atoms with Crippen molar-refractivity contribution in [1.29, 1.82) is 0 Å². The molecule has 0 amide bonds. The standard InChI is InChI=1S/C10H21NO/c1-8(2)7-11-9(3,4)10(5,6)12-8/h11H,7H2,1-6H3. The van der Waals surface area contributed by atoms with Gasteiger partial charge in [0, 0.05) is 12.1 Å². The topological polar surface area (TPSA) is 21.3 Å². The number of rotatable bonds is 0. The van der Waals surface area contributed by atoms with E-state index in [4.69, 9.17) is 4.74 Å². The highest BCUT2D eigenvalue weighted by Gasteiger charge is 2.46. The quantitative estimate of drug-likeness (QED) is 0.601. The highest BCUT2D eigenvalue weighted by Crippen LogP contribution is 2.34. The Morgan fingerprint density at radius 2 is 1.50 bits per heavy atom. The summed E-state index contributed by atoms with van der Waals surface area (Å²) in [7, 11) is 0. The first-order chi connectivity index (χ1) is 5.16. The van der Waals surface area contributed by atoms with Crippen LogP contribution in [-0.2, 0) is 4.74 Å². The van der Waals surface area contributed by atoms with Crippen LogP contribution in [0.3, 0.4) is 0 Å². The molecule has 0 aromatic carbocycles. The molecule has 0 atom stereocenters. The minimum absolute atomic E-state index is 0.0426. The van der Waals surface area contributed by atoms with Crippen LogP contribution in [0.25, 0.3) is 0 Å². The summed E-state index contributed by atoms with van der Waals surface area (Å²) in [5.74, 6) is 0. The molecule has 72 valence electrons. The summed E-state index contributed by atoms with van der Waals surface area (Å²) in [5, 5.41) is 3.51. The molecule has 1 saturated heterocycles. The van der Waals surface area contributed by atoms with Gasteiger partial charge in [-0.25, -0.2) is 0 Å². The van der Waals surface area contributed by atoms with Crippen molar-refractivity contribution >= 4 is 0 Å². The summed E-state index contributed by atoms with van der Waals surface area (Å²) < 4.78 is 6.01. The van der Waals surface area contributed by atoms with Crippen molar-refractivity contribution in [2.45, 2.75) is 58.3 Å². The fraction of sp³-hybridized carbons (Fsp3) is 1.00. The first-order valence-corrected chi connectivity index (χ1v) is 4.62. The third-order valence-electron chi connectivity index (χ3n) is 2.99. The van der Waals surface area contributed by atoms with Crippen molar-refractivity contribution in [3.63, 3.8) is 0 Å². The number of hydrogen-bond donors (Lipinski definition) is 1. The molecule has 0 aromatic rings. The van der Waals surface area contributed by atoms with E-state index in [2.05, 4.69) is 46.9 Å². The molecule has 2 nitrogen and oxygen atoms in total. The molecule has 1 heterocycles. The van der Waals surface area contributed by atoms with E-state index in [1.807, 2.05) is 0 Å². The van der Waals surface area contributed by atoms with E-state index in [0.717, 1.165) is 6.54 Å². The predicted molar refractivity (Wildman–Crippen MR) is 51.3 cm³/mol.